The average Bonchev–Trinajstić information content (AvgIpc) is 2.94. The molecule has 0 saturated carbocycles. The van der Waals surface area contributed by atoms with Crippen molar-refractivity contribution in [1.82, 2.24) is 15.1 Å². The van der Waals surface area contributed by atoms with Crippen molar-refractivity contribution >= 4 is 17.8 Å². The molecule has 0 aromatic heterocycles. The van der Waals surface area contributed by atoms with Crippen molar-refractivity contribution in [2.75, 3.05) is 13.1 Å². The van der Waals surface area contributed by atoms with Gasteiger partial charge >= 0.3 is 6.03 Å². The van der Waals surface area contributed by atoms with E-state index in [0.717, 1.165) is 28.7 Å². The molecule has 0 bridgehead atoms. The molecule has 4 amide bonds. The van der Waals surface area contributed by atoms with E-state index < -0.39 is 35.0 Å². The van der Waals surface area contributed by atoms with E-state index in [2.05, 4.69) is 5.32 Å². The number of carbonyl (C=O) groups is 3. The fraction of sp³-hybridized carbons (Fsp3) is 0.286. The predicted octanol–water partition coefficient (Wildman–Crippen LogP) is 2.69. The minimum atomic E-state index is -1.25. The first-order valence-corrected chi connectivity index (χ1v) is 9.32. The maximum absolute atomic E-state index is 14.0. The van der Waals surface area contributed by atoms with E-state index in [0.29, 0.717) is 19.4 Å². The van der Waals surface area contributed by atoms with Gasteiger partial charge in [0.2, 0.25) is 0 Å². The number of amides is 4. The number of halogens is 2. The maximum Gasteiger partial charge on any atom is 0.325 e. The van der Waals surface area contributed by atoms with Gasteiger partial charge in [0.15, 0.2) is 0 Å². The fourth-order valence-electron chi connectivity index (χ4n) is 3.92. The zero-order valence-electron chi connectivity index (χ0n) is 15.5. The summed E-state index contributed by atoms with van der Waals surface area (Å²) >= 11 is 0. The standard InChI is InChI=1S/C21H19F2N3O3/c22-15-7-8-17(23)16(11-15)18(27)25-10-4-9-21(13-25)19(28)26(20(29)24-21)12-14-5-2-1-3-6-14/h1-3,5-8,11H,4,9-10,12-13H2,(H,24,29)/t21-/m1/s1. The summed E-state index contributed by atoms with van der Waals surface area (Å²) in [5, 5.41) is 2.73. The molecule has 2 aromatic carbocycles. The molecule has 29 heavy (non-hydrogen) atoms. The number of hydrogen-bond donors (Lipinski definition) is 1. The van der Waals surface area contributed by atoms with Gasteiger partial charge in [0.05, 0.1) is 18.7 Å². The lowest BCUT2D eigenvalue weighted by Gasteiger charge is -2.38. The van der Waals surface area contributed by atoms with Crippen LogP contribution in [0.25, 0.3) is 0 Å². The first-order chi connectivity index (χ1) is 13.9. The topological polar surface area (TPSA) is 69.7 Å². The van der Waals surface area contributed by atoms with E-state index >= 15 is 0 Å². The highest BCUT2D eigenvalue weighted by atomic mass is 19.1. The summed E-state index contributed by atoms with van der Waals surface area (Å²) in [4.78, 5) is 40.8. The van der Waals surface area contributed by atoms with Crippen LogP contribution in [0.4, 0.5) is 13.6 Å². The van der Waals surface area contributed by atoms with Gasteiger partial charge in [-0.2, -0.15) is 0 Å². The van der Waals surface area contributed by atoms with Gasteiger partial charge < -0.3 is 10.2 Å². The van der Waals surface area contributed by atoms with Crippen LogP contribution in [-0.2, 0) is 11.3 Å². The lowest BCUT2D eigenvalue weighted by atomic mass is 9.88. The smallest absolute Gasteiger partial charge is 0.325 e. The monoisotopic (exact) mass is 399 g/mol. The molecule has 2 saturated heterocycles. The predicted molar refractivity (Wildman–Crippen MR) is 99.8 cm³/mol. The van der Waals surface area contributed by atoms with Crippen molar-refractivity contribution in [3.05, 3.63) is 71.3 Å². The van der Waals surface area contributed by atoms with Crippen LogP contribution in [-0.4, -0.2) is 46.3 Å². The molecule has 2 aliphatic rings. The number of rotatable bonds is 3. The molecule has 2 aliphatic heterocycles. The summed E-state index contributed by atoms with van der Waals surface area (Å²) in [6.07, 6.45) is 0.826. The molecular weight excluding hydrogens is 380 g/mol. The maximum atomic E-state index is 14.0. The van der Waals surface area contributed by atoms with Crippen LogP contribution in [0.15, 0.2) is 48.5 Å². The first kappa shape index (κ1) is 19.0. The average molecular weight is 399 g/mol. The number of carbonyl (C=O) groups excluding carboxylic acids is 3. The minimum absolute atomic E-state index is 0.0857. The molecule has 1 atom stereocenters. The number of nitrogens with zero attached hydrogens (tertiary/aromatic N) is 2. The Balaban J connectivity index is 1.55. The van der Waals surface area contributed by atoms with E-state index in [1.807, 2.05) is 30.3 Å². The molecule has 1 spiro atoms. The molecule has 2 heterocycles. The molecule has 0 radical (unpaired) electrons. The van der Waals surface area contributed by atoms with Gasteiger partial charge in [0.25, 0.3) is 11.8 Å². The van der Waals surface area contributed by atoms with Crippen LogP contribution in [0.5, 0.6) is 0 Å². The van der Waals surface area contributed by atoms with E-state index in [4.69, 9.17) is 0 Å². The third-order valence-corrected chi connectivity index (χ3v) is 5.37. The first-order valence-electron chi connectivity index (χ1n) is 9.32. The van der Waals surface area contributed by atoms with Gasteiger partial charge in [-0.1, -0.05) is 30.3 Å². The summed E-state index contributed by atoms with van der Waals surface area (Å²) in [6.45, 7) is 0.329. The van der Waals surface area contributed by atoms with Gasteiger partial charge in [0.1, 0.15) is 17.2 Å². The Morgan fingerprint density at radius 3 is 2.62 bits per heavy atom. The SMILES string of the molecule is O=C(c1cc(F)ccc1F)N1CCC[C@]2(C1)NC(=O)N(Cc1ccccc1)C2=O. The molecule has 0 aliphatic carbocycles. The van der Waals surface area contributed by atoms with Gasteiger partial charge in [-0.25, -0.2) is 13.6 Å². The van der Waals surface area contributed by atoms with Crippen molar-refractivity contribution < 1.29 is 23.2 Å². The van der Waals surface area contributed by atoms with Crippen molar-refractivity contribution in [2.24, 2.45) is 0 Å². The Labute approximate surface area is 166 Å². The zero-order chi connectivity index (χ0) is 20.6. The molecule has 6 nitrogen and oxygen atoms in total. The summed E-state index contributed by atoms with van der Waals surface area (Å²) < 4.78 is 27.5. The number of likely N-dealkylation sites (tertiary alicyclic amines) is 1. The summed E-state index contributed by atoms with van der Waals surface area (Å²) in [6, 6.07) is 11.3. The van der Waals surface area contributed by atoms with E-state index in [1.54, 1.807) is 0 Å². The highest BCUT2D eigenvalue weighted by Crippen LogP contribution is 2.30. The van der Waals surface area contributed by atoms with Crippen LogP contribution in [0.3, 0.4) is 0 Å². The third-order valence-electron chi connectivity index (χ3n) is 5.37. The largest absolute Gasteiger partial charge is 0.336 e. The molecule has 1 N–H and O–H groups in total. The van der Waals surface area contributed by atoms with Crippen molar-refractivity contribution in [3.8, 4) is 0 Å². The second kappa shape index (κ2) is 7.27. The number of urea groups is 1. The second-order valence-electron chi connectivity index (χ2n) is 7.34. The Morgan fingerprint density at radius 2 is 1.86 bits per heavy atom. The van der Waals surface area contributed by atoms with Gasteiger partial charge in [-0.15, -0.1) is 0 Å². The minimum Gasteiger partial charge on any atom is -0.336 e. The Kier molecular flexibility index (Phi) is 4.77. The van der Waals surface area contributed by atoms with Crippen molar-refractivity contribution in [2.45, 2.75) is 24.9 Å². The molecule has 0 unspecified atom stereocenters. The van der Waals surface area contributed by atoms with Crippen LogP contribution < -0.4 is 5.32 Å². The number of nitrogens with one attached hydrogen (secondary N) is 1. The number of piperidine rings is 1. The molecule has 2 fully saturated rings. The molecule has 4 rings (SSSR count). The molecule has 150 valence electrons. The summed E-state index contributed by atoms with van der Waals surface area (Å²) in [7, 11) is 0. The lowest BCUT2D eigenvalue weighted by molar-refractivity contribution is -0.133. The number of hydrogen-bond acceptors (Lipinski definition) is 3. The van der Waals surface area contributed by atoms with Crippen LogP contribution >= 0.6 is 0 Å². The second-order valence-corrected chi connectivity index (χ2v) is 7.34. The van der Waals surface area contributed by atoms with Crippen LogP contribution in [0, 0.1) is 11.6 Å². The Bertz CT molecular complexity index is 982. The summed E-state index contributed by atoms with van der Waals surface area (Å²) in [5.41, 5.74) is -0.831. The normalized spacial score (nSPS) is 21.6. The number of imide groups is 1. The van der Waals surface area contributed by atoms with Crippen molar-refractivity contribution in [1.29, 1.82) is 0 Å². The van der Waals surface area contributed by atoms with Gasteiger partial charge in [-0.3, -0.25) is 14.5 Å². The quantitative estimate of drug-likeness (QED) is 0.807. The third kappa shape index (κ3) is 3.46. The van der Waals surface area contributed by atoms with Crippen LogP contribution in [0.1, 0.15) is 28.8 Å². The molecular formula is C21H19F2N3O3. The highest BCUT2D eigenvalue weighted by Gasteiger charge is 2.53. The lowest BCUT2D eigenvalue weighted by Crippen LogP contribution is -2.59. The fourth-order valence-corrected chi connectivity index (χ4v) is 3.92. The highest BCUT2D eigenvalue weighted by molar-refractivity contribution is 6.07. The van der Waals surface area contributed by atoms with Crippen LogP contribution in [0.2, 0.25) is 0 Å². The summed E-state index contributed by atoms with van der Waals surface area (Å²) in [5.74, 6) is -2.67. The Morgan fingerprint density at radius 1 is 1.10 bits per heavy atom. The Hall–Kier alpha value is -3.29. The molecule has 8 heteroatoms. The van der Waals surface area contributed by atoms with Gasteiger partial charge in [-0.05, 0) is 36.6 Å². The van der Waals surface area contributed by atoms with Gasteiger partial charge in [0, 0.05) is 6.54 Å². The zero-order valence-corrected chi connectivity index (χ0v) is 15.5. The van der Waals surface area contributed by atoms with Crippen molar-refractivity contribution in [3.63, 3.8) is 0 Å². The van der Waals surface area contributed by atoms with E-state index in [-0.39, 0.29) is 18.7 Å². The van der Waals surface area contributed by atoms with E-state index in [1.165, 1.54) is 4.90 Å². The van der Waals surface area contributed by atoms with E-state index in [9.17, 15) is 23.2 Å². The number of benzene rings is 2. The molecule has 2 aromatic rings.